The van der Waals surface area contributed by atoms with Crippen LogP contribution in [-0.2, 0) is 11.2 Å². The van der Waals surface area contributed by atoms with E-state index in [9.17, 15) is 9.18 Å². The lowest BCUT2D eigenvalue weighted by Crippen LogP contribution is -2.32. The lowest BCUT2D eigenvalue weighted by molar-refractivity contribution is -0.120. The summed E-state index contributed by atoms with van der Waals surface area (Å²) >= 11 is 6.29. The number of carbonyl (C=O) groups excluding carboxylic acids is 1. The van der Waals surface area contributed by atoms with Crippen molar-refractivity contribution in [3.63, 3.8) is 0 Å². The van der Waals surface area contributed by atoms with Crippen molar-refractivity contribution in [3.8, 4) is 11.1 Å². The van der Waals surface area contributed by atoms with E-state index in [-0.39, 0.29) is 24.8 Å². The average Bonchev–Trinajstić information content (AvgIpc) is 2.97. The summed E-state index contributed by atoms with van der Waals surface area (Å²) in [4.78, 5) is 12.4. The monoisotopic (exact) mass is 331 g/mol. The summed E-state index contributed by atoms with van der Waals surface area (Å²) in [6.45, 7) is 2.27. The van der Waals surface area contributed by atoms with Gasteiger partial charge in [-0.25, -0.2) is 4.39 Å². The summed E-state index contributed by atoms with van der Waals surface area (Å²) in [5.41, 5.74) is 4.01. The normalized spacial score (nSPS) is 20.7. The molecule has 0 aromatic heterocycles. The van der Waals surface area contributed by atoms with Crippen LogP contribution in [-0.4, -0.2) is 24.5 Å². The largest absolute Gasteiger partial charge is 0.304 e. The van der Waals surface area contributed by atoms with Crippen LogP contribution in [0, 0.1) is 6.92 Å². The zero-order chi connectivity index (χ0) is 16.4. The molecule has 2 aromatic carbocycles. The van der Waals surface area contributed by atoms with E-state index in [1.807, 2.05) is 49.4 Å². The fraction of sp³-hybridized carbons (Fsp3) is 0.316. The number of benzene rings is 2. The SMILES string of the molecule is Cc1c(CC(=O)[C@@H]2C[C@@H](F)CN2)cccc1-c1ccccc1Cl. The molecule has 4 heteroatoms. The number of carbonyl (C=O) groups is 1. The van der Waals surface area contributed by atoms with Crippen molar-refractivity contribution in [2.45, 2.75) is 32.0 Å². The predicted molar refractivity (Wildman–Crippen MR) is 91.6 cm³/mol. The molecule has 120 valence electrons. The second-order valence-corrected chi connectivity index (χ2v) is 6.41. The van der Waals surface area contributed by atoms with E-state index in [0.717, 1.165) is 22.3 Å². The third-order valence-corrected chi connectivity index (χ3v) is 4.77. The van der Waals surface area contributed by atoms with Gasteiger partial charge >= 0.3 is 0 Å². The first-order chi connectivity index (χ1) is 11.1. The highest BCUT2D eigenvalue weighted by atomic mass is 35.5. The molecule has 2 nitrogen and oxygen atoms in total. The van der Waals surface area contributed by atoms with E-state index in [0.29, 0.717) is 11.4 Å². The van der Waals surface area contributed by atoms with Crippen LogP contribution in [0.3, 0.4) is 0 Å². The van der Waals surface area contributed by atoms with Gasteiger partial charge in [0.1, 0.15) is 6.17 Å². The van der Waals surface area contributed by atoms with Gasteiger partial charge in [-0.05, 0) is 29.7 Å². The molecule has 1 heterocycles. The standard InChI is InChI=1S/C19H19ClFNO/c1-12-13(9-19(23)18-10-14(21)11-22-18)5-4-7-15(12)16-6-2-3-8-17(16)20/h2-8,14,18,22H,9-11H2,1H3/t14-,18+/m1/s1. The molecule has 0 spiro atoms. The smallest absolute Gasteiger partial charge is 0.154 e. The van der Waals surface area contributed by atoms with Gasteiger partial charge in [-0.2, -0.15) is 0 Å². The zero-order valence-corrected chi connectivity index (χ0v) is 13.7. The van der Waals surface area contributed by atoms with Gasteiger partial charge < -0.3 is 5.32 Å². The Morgan fingerprint density at radius 1 is 1.22 bits per heavy atom. The highest BCUT2D eigenvalue weighted by molar-refractivity contribution is 6.33. The zero-order valence-electron chi connectivity index (χ0n) is 13.0. The maximum atomic E-state index is 13.3. The van der Waals surface area contributed by atoms with E-state index in [1.54, 1.807) is 0 Å². The van der Waals surface area contributed by atoms with Gasteiger partial charge in [-0.15, -0.1) is 0 Å². The van der Waals surface area contributed by atoms with Gasteiger partial charge in [0.15, 0.2) is 5.78 Å². The van der Waals surface area contributed by atoms with Crippen molar-refractivity contribution in [2.24, 2.45) is 0 Å². The fourth-order valence-corrected chi connectivity index (χ4v) is 3.33. The molecule has 0 unspecified atom stereocenters. The summed E-state index contributed by atoms with van der Waals surface area (Å²) in [6.07, 6.45) is -0.323. The molecule has 23 heavy (non-hydrogen) atoms. The molecule has 0 aliphatic carbocycles. The summed E-state index contributed by atoms with van der Waals surface area (Å²) in [6, 6.07) is 13.2. The van der Waals surface area contributed by atoms with Crippen molar-refractivity contribution in [2.75, 3.05) is 6.54 Å². The number of halogens is 2. The van der Waals surface area contributed by atoms with Crippen LogP contribution >= 0.6 is 11.6 Å². The van der Waals surface area contributed by atoms with E-state index < -0.39 is 6.17 Å². The Balaban J connectivity index is 1.86. The topological polar surface area (TPSA) is 29.1 Å². The minimum absolute atomic E-state index is 0.0459. The summed E-state index contributed by atoms with van der Waals surface area (Å²) in [5, 5.41) is 3.65. The fourth-order valence-electron chi connectivity index (χ4n) is 3.10. The van der Waals surface area contributed by atoms with Gasteiger partial charge in [0.2, 0.25) is 0 Å². The Labute approximate surface area is 140 Å². The van der Waals surface area contributed by atoms with Crippen molar-refractivity contribution < 1.29 is 9.18 Å². The third-order valence-electron chi connectivity index (χ3n) is 4.44. The van der Waals surface area contributed by atoms with Crippen LogP contribution in [0.1, 0.15) is 17.5 Å². The van der Waals surface area contributed by atoms with Crippen LogP contribution in [0.15, 0.2) is 42.5 Å². The quantitative estimate of drug-likeness (QED) is 0.912. The highest BCUT2D eigenvalue weighted by Crippen LogP contribution is 2.31. The van der Waals surface area contributed by atoms with E-state index in [2.05, 4.69) is 5.32 Å². The van der Waals surface area contributed by atoms with Crippen LogP contribution in [0.4, 0.5) is 4.39 Å². The van der Waals surface area contributed by atoms with Crippen LogP contribution in [0.2, 0.25) is 5.02 Å². The lowest BCUT2D eigenvalue weighted by atomic mass is 9.92. The molecule has 0 radical (unpaired) electrons. The van der Waals surface area contributed by atoms with Crippen molar-refractivity contribution in [3.05, 3.63) is 58.6 Å². The molecule has 3 rings (SSSR count). The molecule has 0 bridgehead atoms. The molecule has 1 aliphatic heterocycles. The summed E-state index contributed by atoms with van der Waals surface area (Å²) in [5.74, 6) is 0.0459. The van der Waals surface area contributed by atoms with Crippen molar-refractivity contribution >= 4 is 17.4 Å². The van der Waals surface area contributed by atoms with E-state index in [1.165, 1.54) is 0 Å². The molecule has 0 saturated carbocycles. The Hall–Kier alpha value is -1.71. The Kier molecular flexibility index (Phi) is 4.79. The number of nitrogens with one attached hydrogen (secondary N) is 1. The Bertz CT molecular complexity index is 731. The first-order valence-electron chi connectivity index (χ1n) is 7.80. The Morgan fingerprint density at radius 2 is 1.96 bits per heavy atom. The van der Waals surface area contributed by atoms with Gasteiger partial charge in [0, 0.05) is 30.0 Å². The molecule has 2 atom stereocenters. The molecule has 0 amide bonds. The average molecular weight is 332 g/mol. The van der Waals surface area contributed by atoms with Crippen LogP contribution < -0.4 is 5.32 Å². The third kappa shape index (κ3) is 3.46. The maximum Gasteiger partial charge on any atom is 0.154 e. The number of Topliss-reactive ketones (excluding diaryl/α,β-unsaturated/α-hetero) is 1. The molecule has 1 fully saturated rings. The number of hydrogen-bond acceptors (Lipinski definition) is 2. The van der Waals surface area contributed by atoms with Crippen LogP contribution in [0.5, 0.6) is 0 Å². The molecule has 1 saturated heterocycles. The Morgan fingerprint density at radius 3 is 2.65 bits per heavy atom. The van der Waals surface area contributed by atoms with Gasteiger partial charge in [0.25, 0.3) is 0 Å². The van der Waals surface area contributed by atoms with Crippen LogP contribution in [0.25, 0.3) is 11.1 Å². The number of hydrogen-bond donors (Lipinski definition) is 1. The second kappa shape index (κ2) is 6.81. The molecule has 1 aliphatic rings. The molecule has 2 aromatic rings. The van der Waals surface area contributed by atoms with Crippen molar-refractivity contribution in [1.29, 1.82) is 0 Å². The van der Waals surface area contributed by atoms with Gasteiger partial charge in [-0.1, -0.05) is 48.0 Å². The van der Waals surface area contributed by atoms with E-state index in [4.69, 9.17) is 11.6 Å². The summed E-state index contributed by atoms with van der Waals surface area (Å²) < 4.78 is 13.3. The minimum atomic E-state index is -0.917. The number of alkyl halides is 1. The first kappa shape index (κ1) is 16.2. The van der Waals surface area contributed by atoms with Gasteiger partial charge in [-0.3, -0.25) is 4.79 Å². The molecule has 1 N–H and O–H groups in total. The number of rotatable bonds is 4. The molecular weight excluding hydrogens is 313 g/mol. The highest BCUT2D eigenvalue weighted by Gasteiger charge is 2.29. The number of ketones is 1. The van der Waals surface area contributed by atoms with E-state index >= 15 is 0 Å². The first-order valence-corrected chi connectivity index (χ1v) is 8.17. The van der Waals surface area contributed by atoms with Gasteiger partial charge in [0.05, 0.1) is 6.04 Å². The molecular formula is C19H19ClFNO. The maximum absolute atomic E-state index is 13.3. The summed E-state index contributed by atoms with van der Waals surface area (Å²) in [7, 11) is 0. The second-order valence-electron chi connectivity index (χ2n) is 6.01. The lowest BCUT2D eigenvalue weighted by Gasteiger charge is -2.14. The van der Waals surface area contributed by atoms with Crippen molar-refractivity contribution in [1.82, 2.24) is 5.32 Å². The minimum Gasteiger partial charge on any atom is -0.304 e. The predicted octanol–water partition coefficient (Wildman–Crippen LogP) is 4.13.